The first-order valence-corrected chi connectivity index (χ1v) is 26.4. The molecule has 0 N–H and O–H groups in total. The van der Waals surface area contributed by atoms with Gasteiger partial charge in [-0.2, -0.15) is 11.3 Å². The van der Waals surface area contributed by atoms with E-state index in [2.05, 4.69) is 216 Å². The van der Waals surface area contributed by atoms with Gasteiger partial charge < -0.3 is 9.55 Å². The van der Waals surface area contributed by atoms with Crippen LogP contribution in [0.25, 0.3) is 70.7 Å². The fourth-order valence-electron chi connectivity index (χ4n) is 8.73. The van der Waals surface area contributed by atoms with Gasteiger partial charge in [0, 0.05) is 36.7 Å². The summed E-state index contributed by atoms with van der Waals surface area (Å²) >= 11 is 1.83. The van der Waals surface area contributed by atoms with E-state index in [0.29, 0.717) is 11.8 Å². The van der Waals surface area contributed by atoms with Crippen molar-refractivity contribution in [3.05, 3.63) is 204 Å². The molecule has 0 saturated carbocycles. The first-order chi connectivity index (χ1) is 30.5. The molecule has 7 aromatic carbocycles. The van der Waals surface area contributed by atoms with Crippen LogP contribution in [0.3, 0.4) is 0 Å². The van der Waals surface area contributed by atoms with Crippen LogP contribution in [0.5, 0.6) is 0 Å². The van der Waals surface area contributed by atoms with Crippen molar-refractivity contribution >= 4 is 55.8 Å². The Morgan fingerprint density at radius 2 is 1.30 bits per heavy atom. The van der Waals surface area contributed by atoms with E-state index in [9.17, 15) is 0 Å². The zero-order valence-electron chi connectivity index (χ0n) is 37.6. The van der Waals surface area contributed by atoms with E-state index in [4.69, 9.17) is 9.97 Å². The minimum atomic E-state index is -1.43. The van der Waals surface area contributed by atoms with Gasteiger partial charge in [0.05, 0.1) is 24.9 Å². The van der Waals surface area contributed by atoms with Crippen molar-refractivity contribution in [1.82, 2.24) is 14.5 Å². The summed E-state index contributed by atoms with van der Waals surface area (Å²) in [6.07, 6.45) is 3.06. The Bertz CT molecular complexity index is 3150. The second-order valence-electron chi connectivity index (χ2n) is 18.0. The van der Waals surface area contributed by atoms with Crippen LogP contribution in [0.4, 0.5) is 0 Å². The molecule has 0 aliphatic heterocycles. The minimum Gasteiger partial charge on any atom is -0.333 e. The molecule has 0 atom stereocenters. The maximum Gasteiger partial charge on any atom is 0.0799 e. The molecular formula is C58H53IrN3SSi-2. The van der Waals surface area contributed by atoms with Gasteiger partial charge in [0.15, 0.2) is 0 Å². The third kappa shape index (κ3) is 9.11. The van der Waals surface area contributed by atoms with Crippen LogP contribution < -0.4 is 5.19 Å². The Labute approximate surface area is 397 Å². The fraction of sp³-hybridized carbons (Fsp3) is 0.172. The third-order valence-electron chi connectivity index (χ3n) is 11.9. The van der Waals surface area contributed by atoms with E-state index in [1.165, 1.54) is 64.4 Å². The van der Waals surface area contributed by atoms with Crippen LogP contribution in [0.2, 0.25) is 19.6 Å². The number of pyridine rings is 1. The van der Waals surface area contributed by atoms with Gasteiger partial charge in [-0.05, 0) is 97.4 Å². The SMILES string of the molecule is CC(C)c1cc(-c2ccccc2)cc(C(C)C)c1-n1c(-c2[c-]ccc3c2sc2ccccc23)nc2ccccc21.C[Si](C)(C)c1cnc(-c2[c-]cccc2)cc1Cc1ccccc1.[Ir]. The summed E-state index contributed by atoms with van der Waals surface area (Å²) in [7, 11) is -1.43. The van der Waals surface area contributed by atoms with E-state index < -0.39 is 8.07 Å². The van der Waals surface area contributed by atoms with Gasteiger partial charge in [-0.3, -0.25) is 4.98 Å². The monoisotopic (exact) mass is 1040 g/mol. The molecule has 0 saturated heterocycles. The molecule has 0 bridgehead atoms. The van der Waals surface area contributed by atoms with Crippen molar-refractivity contribution in [3.63, 3.8) is 0 Å². The normalized spacial score (nSPS) is 11.6. The molecule has 0 amide bonds. The molecule has 6 heteroatoms. The molecule has 10 aromatic rings. The molecule has 3 aromatic heterocycles. The Hall–Kier alpha value is -5.75. The second kappa shape index (κ2) is 19.2. The number of benzene rings is 7. The van der Waals surface area contributed by atoms with Crippen LogP contribution in [0.1, 0.15) is 61.8 Å². The largest absolute Gasteiger partial charge is 0.333 e. The average Bonchev–Trinajstić information content (AvgIpc) is 3.88. The zero-order chi connectivity index (χ0) is 43.7. The Balaban J connectivity index is 0.000000199. The molecule has 0 fully saturated rings. The maximum atomic E-state index is 5.30. The molecule has 0 aliphatic rings. The van der Waals surface area contributed by atoms with Crippen molar-refractivity contribution in [2.24, 2.45) is 0 Å². The number of rotatable bonds is 9. The van der Waals surface area contributed by atoms with Crippen molar-refractivity contribution in [2.45, 2.75) is 65.6 Å². The summed E-state index contributed by atoms with van der Waals surface area (Å²) in [6, 6.07) is 64.9. The number of aromatic nitrogens is 3. The van der Waals surface area contributed by atoms with Gasteiger partial charge in [0.2, 0.25) is 0 Å². The molecule has 0 unspecified atom stereocenters. The molecule has 10 rings (SSSR count). The van der Waals surface area contributed by atoms with Crippen LogP contribution in [-0.4, -0.2) is 22.6 Å². The van der Waals surface area contributed by atoms with Crippen molar-refractivity contribution in [1.29, 1.82) is 0 Å². The summed E-state index contributed by atoms with van der Waals surface area (Å²) in [6.45, 7) is 16.3. The second-order valence-corrected chi connectivity index (χ2v) is 24.1. The van der Waals surface area contributed by atoms with Gasteiger partial charge in [-0.15, -0.1) is 54.1 Å². The summed E-state index contributed by atoms with van der Waals surface area (Å²) in [4.78, 5) is 10.0. The quantitative estimate of drug-likeness (QED) is 0.107. The number of hydrogen-bond donors (Lipinski definition) is 0. The number of thiophene rings is 1. The topological polar surface area (TPSA) is 30.7 Å². The molecule has 3 nitrogen and oxygen atoms in total. The number of hydrogen-bond acceptors (Lipinski definition) is 3. The van der Waals surface area contributed by atoms with E-state index in [0.717, 1.165) is 40.1 Å². The Morgan fingerprint density at radius 3 is 1.98 bits per heavy atom. The van der Waals surface area contributed by atoms with Gasteiger partial charge in [-0.1, -0.05) is 161 Å². The van der Waals surface area contributed by atoms with Crippen molar-refractivity contribution < 1.29 is 20.1 Å². The molecule has 1 radical (unpaired) electrons. The maximum absolute atomic E-state index is 5.30. The number of imidazole rings is 1. The number of fused-ring (bicyclic) bond motifs is 4. The smallest absolute Gasteiger partial charge is 0.0799 e. The zero-order valence-corrected chi connectivity index (χ0v) is 41.8. The third-order valence-corrected chi connectivity index (χ3v) is 15.2. The summed E-state index contributed by atoms with van der Waals surface area (Å²) in [5.41, 5.74) is 14.4. The van der Waals surface area contributed by atoms with E-state index in [1.54, 1.807) is 0 Å². The van der Waals surface area contributed by atoms with Gasteiger partial charge >= 0.3 is 0 Å². The summed E-state index contributed by atoms with van der Waals surface area (Å²) in [5, 5.41) is 4.00. The number of nitrogens with zero attached hydrogens (tertiary/aromatic N) is 3. The molecule has 64 heavy (non-hydrogen) atoms. The molecule has 0 aliphatic carbocycles. The van der Waals surface area contributed by atoms with Crippen LogP contribution >= 0.6 is 11.3 Å². The molecular weight excluding hydrogens is 991 g/mol. The molecule has 321 valence electrons. The van der Waals surface area contributed by atoms with Crippen molar-refractivity contribution in [3.8, 4) is 39.5 Å². The molecule has 3 heterocycles. The van der Waals surface area contributed by atoms with E-state index in [-0.39, 0.29) is 20.1 Å². The van der Waals surface area contributed by atoms with Crippen LogP contribution in [0.15, 0.2) is 170 Å². The van der Waals surface area contributed by atoms with Crippen molar-refractivity contribution in [2.75, 3.05) is 0 Å². The fourth-order valence-corrected chi connectivity index (χ4v) is 11.5. The van der Waals surface area contributed by atoms with Gasteiger partial charge in [-0.25, -0.2) is 0 Å². The molecule has 0 spiro atoms. The minimum absolute atomic E-state index is 0. The predicted molar refractivity (Wildman–Crippen MR) is 273 cm³/mol. The summed E-state index contributed by atoms with van der Waals surface area (Å²) < 4.78 is 4.95. The van der Waals surface area contributed by atoms with Gasteiger partial charge in [0.25, 0.3) is 0 Å². The van der Waals surface area contributed by atoms with E-state index >= 15 is 0 Å². The van der Waals surface area contributed by atoms with Gasteiger partial charge in [0.1, 0.15) is 0 Å². The average molecular weight is 1040 g/mol. The first kappa shape index (κ1) is 44.8. The first-order valence-electron chi connectivity index (χ1n) is 22.1. The van der Waals surface area contributed by atoms with Crippen LogP contribution in [0, 0.1) is 12.1 Å². The number of para-hydroxylation sites is 2. The van der Waals surface area contributed by atoms with Crippen LogP contribution in [-0.2, 0) is 26.5 Å². The van der Waals surface area contributed by atoms with E-state index in [1.807, 2.05) is 29.5 Å². The Kier molecular flexibility index (Phi) is 13.4. The predicted octanol–water partition coefficient (Wildman–Crippen LogP) is 15.5. The standard InChI is InChI=1S/C37H31N2S.C21H22NSi.Ir/c1-23(2)30-21-26(25-13-6-5-7-14-25)22-31(24(3)4)35(30)39-33-19-10-9-18-32(33)38-37(39)29-17-12-16-28-27-15-8-11-20-34(27)40-36(28)29;1-23(2,3)21-16-22-20(18-12-8-5-9-13-18)15-19(21)14-17-10-6-4-7-11-17;/h5-16,18-24H,1-4H3;4-12,15-16H,14H2,1-3H3;/q2*-1;. The Morgan fingerprint density at radius 1 is 0.641 bits per heavy atom. The summed E-state index contributed by atoms with van der Waals surface area (Å²) in [5.74, 6) is 1.61.